The van der Waals surface area contributed by atoms with Gasteiger partial charge in [0.1, 0.15) is 5.82 Å². The lowest BCUT2D eigenvalue weighted by molar-refractivity contribution is 0.628. The maximum atomic E-state index is 12.9. The van der Waals surface area contributed by atoms with Crippen LogP contribution >= 0.6 is 0 Å². The summed E-state index contributed by atoms with van der Waals surface area (Å²) in [4.78, 5) is 11.7. The second-order valence-corrected chi connectivity index (χ2v) is 3.72. The standard InChI is InChI=1S/C13H7FN4/c1-15-11-8-18-7-6-16-13(18)12(17-11)9-2-4-10(14)5-3-9/h2-8H. The Morgan fingerprint density at radius 2 is 2.00 bits per heavy atom. The Morgan fingerprint density at radius 1 is 1.22 bits per heavy atom. The molecular formula is C13H7FN4. The summed E-state index contributed by atoms with van der Waals surface area (Å²) < 4.78 is 14.6. The highest BCUT2D eigenvalue weighted by atomic mass is 19.1. The Hall–Kier alpha value is -2.74. The predicted molar refractivity (Wildman–Crippen MR) is 64.6 cm³/mol. The summed E-state index contributed by atoms with van der Waals surface area (Å²) in [5.74, 6) is -0.0285. The molecule has 86 valence electrons. The van der Waals surface area contributed by atoms with Gasteiger partial charge in [-0.15, -0.1) is 4.98 Å². The zero-order valence-electron chi connectivity index (χ0n) is 9.21. The van der Waals surface area contributed by atoms with Gasteiger partial charge in [-0.25, -0.2) is 9.37 Å². The van der Waals surface area contributed by atoms with Crippen LogP contribution in [0.2, 0.25) is 0 Å². The Balaban J connectivity index is 2.30. The van der Waals surface area contributed by atoms with Gasteiger partial charge in [0, 0.05) is 24.2 Å². The third-order valence-corrected chi connectivity index (χ3v) is 2.59. The molecule has 0 aliphatic carbocycles. The van der Waals surface area contributed by atoms with Gasteiger partial charge in [-0.05, 0) is 24.3 Å². The number of benzene rings is 1. The van der Waals surface area contributed by atoms with E-state index >= 15 is 0 Å². The number of hydrogen-bond donors (Lipinski definition) is 0. The van der Waals surface area contributed by atoms with E-state index in [2.05, 4.69) is 14.8 Å². The molecule has 3 aromatic rings. The van der Waals surface area contributed by atoms with Crippen LogP contribution in [0.5, 0.6) is 0 Å². The van der Waals surface area contributed by atoms with Crippen LogP contribution in [0.15, 0.2) is 42.9 Å². The highest BCUT2D eigenvalue weighted by molar-refractivity contribution is 5.75. The van der Waals surface area contributed by atoms with Crippen molar-refractivity contribution < 1.29 is 4.39 Å². The van der Waals surface area contributed by atoms with Crippen molar-refractivity contribution in [2.24, 2.45) is 0 Å². The predicted octanol–water partition coefficient (Wildman–Crippen LogP) is 3.09. The van der Waals surface area contributed by atoms with Gasteiger partial charge in [0.05, 0.1) is 0 Å². The summed E-state index contributed by atoms with van der Waals surface area (Å²) in [6, 6.07) is 5.97. The first-order valence-corrected chi connectivity index (χ1v) is 5.25. The maximum absolute atomic E-state index is 12.9. The van der Waals surface area contributed by atoms with Crippen molar-refractivity contribution in [2.45, 2.75) is 0 Å². The second-order valence-electron chi connectivity index (χ2n) is 3.72. The molecule has 0 bridgehead atoms. The first-order valence-electron chi connectivity index (χ1n) is 5.25. The van der Waals surface area contributed by atoms with Crippen molar-refractivity contribution in [3.05, 3.63) is 60.1 Å². The van der Waals surface area contributed by atoms with Crippen LogP contribution in [0, 0.1) is 12.4 Å². The maximum Gasteiger partial charge on any atom is 0.287 e. The van der Waals surface area contributed by atoms with Crippen LogP contribution in [0.25, 0.3) is 21.7 Å². The van der Waals surface area contributed by atoms with E-state index in [1.807, 2.05) is 0 Å². The Labute approximate surface area is 102 Å². The Morgan fingerprint density at radius 3 is 2.72 bits per heavy atom. The number of aromatic nitrogens is 3. The molecule has 4 nitrogen and oxygen atoms in total. The first kappa shape index (κ1) is 10.4. The number of fused-ring (bicyclic) bond motifs is 1. The minimum atomic E-state index is -0.306. The quantitative estimate of drug-likeness (QED) is 0.610. The fraction of sp³-hybridized carbons (Fsp3) is 0. The van der Waals surface area contributed by atoms with Crippen molar-refractivity contribution in [1.29, 1.82) is 0 Å². The van der Waals surface area contributed by atoms with Crippen molar-refractivity contribution in [1.82, 2.24) is 14.4 Å². The number of nitrogens with zero attached hydrogens (tertiary/aromatic N) is 4. The van der Waals surface area contributed by atoms with E-state index in [4.69, 9.17) is 6.57 Å². The average Bonchev–Trinajstić information content (AvgIpc) is 2.86. The summed E-state index contributed by atoms with van der Waals surface area (Å²) in [6.45, 7) is 7.03. The third-order valence-electron chi connectivity index (χ3n) is 2.59. The van der Waals surface area contributed by atoms with Crippen LogP contribution in [0.3, 0.4) is 0 Å². The number of rotatable bonds is 1. The molecule has 1 aromatic carbocycles. The van der Waals surface area contributed by atoms with Crippen molar-refractivity contribution >= 4 is 11.5 Å². The molecule has 0 N–H and O–H groups in total. The molecule has 0 saturated carbocycles. The van der Waals surface area contributed by atoms with Gasteiger partial charge in [-0.2, -0.15) is 0 Å². The highest BCUT2D eigenvalue weighted by Gasteiger charge is 2.13. The van der Waals surface area contributed by atoms with Crippen molar-refractivity contribution in [3.8, 4) is 11.3 Å². The van der Waals surface area contributed by atoms with Crippen molar-refractivity contribution in [2.75, 3.05) is 0 Å². The van der Waals surface area contributed by atoms with Crippen molar-refractivity contribution in [3.63, 3.8) is 0 Å². The van der Waals surface area contributed by atoms with Crippen LogP contribution in [-0.2, 0) is 0 Å². The molecule has 0 fully saturated rings. The van der Waals surface area contributed by atoms with Crippen LogP contribution in [0.4, 0.5) is 10.2 Å². The summed E-state index contributed by atoms with van der Waals surface area (Å²) in [5, 5.41) is 0. The van der Waals surface area contributed by atoms with E-state index in [-0.39, 0.29) is 11.6 Å². The largest absolute Gasteiger partial charge is 0.359 e. The fourth-order valence-electron chi connectivity index (χ4n) is 1.77. The van der Waals surface area contributed by atoms with Gasteiger partial charge in [0.15, 0.2) is 5.65 Å². The monoisotopic (exact) mass is 238 g/mol. The molecule has 0 unspecified atom stereocenters. The van der Waals surface area contributed by atoms with Crippen LogP contribution in [-0.4, -0.2) is 14.4 Å². The smallest absolute Gasteiger partial charge is 0.287 e. The third kappa shape index (κ3) is 1.60. The summed E-state index contributed by atoms with van der Waals surface area (Å²) in [6.07, 6.45) is 5.00. The van der Waals surface area contributed by atoms with Gasteiger partial charge in [0.25, 0.3) is 5.82 Å². The number of imidazole rings is 1. The van der Waals surface area contributed by atoms with Gasteiger partial charge < -0.3 is 9.25 Å². The van der Waals surface area contributed by atoms with E-state index in [0.717, 1.165) is 5.56 Å². The SMILES string of the molecule is [C-]#[N+]c1cn2ccnc2c(-c2ccc(F)cc2)n1. The molecule has 3 rings (SSSR count). The summed E-state index contributed by atoms with van der Waals surface area (Å²) >= 11 is 0. The van der Waals surface area contributed by atoms with Crippen LogP contribution in [0.1, 0.15) is 0 Å². The minimum absolute atomic E-state index is 0.278. The average molecular weight is 238 g/mol. The normalized spacial score (nSPS) is 10.4. The zero-order chi connectivity index (χ0) is 12.5. The molecule has 0 atom stereocenters. The molecule has 0 spiro atoms. The highest BCUT2D eigenvalue weighted by Crippen LogP contribution is 2.24. The molecular weight excluding hydrogens is 231 g/mol. The van der Waals surface area contributed by atoms with E-state index in [1.165, 1.54) is 12.1 Å². The molecule has 0 aliphatic rings. The lowest BCUT2D eigenvalue weighted by Gasteiger charge is -2.01. The van der Waals surface area contributed by atoms with Gasteiger partial charge in [-0.3, -0.25) is 0 Å². The molecule has 2 aromatic heterocycles. The lowest BCUT2D eigenvalue weighted by Crippen LogP contribution is -1.92. The van der Waals surface area contributed by atoms with Crippen LogP contribution < -0.4 is 0 Å². The van der Waals surface area contributed by atoms with Gasteiger partial charge in [0.2, 0.25) is 5.69 Å². The van der Waals surface area contributed by atoms with Gasteiger partial charge >= 0.3 is 0 Å². The zero-order valence-corrected chi connectivity index (χ0v) is 9.21. The minimum Gasteiger partial charge on any atom is -0.359 e. The van der Waals surface area contributed by atoms with Gasteiger partial charge in [-0.1, -0.05) is 6.57 Å². The van der Waals surface area contributed by atoms with E-state index in [9.17, 15) is 4.39 Å². The lowest BCUT2D eigenvalue weighted by atomic mass is 10.1. The molecule has 18 heavy (non-hydrogen) atoms. The second kappa shape index (κ2) is 3.93. The molecule has 0 saturated heterocycles. The summed E-state index contributed by atoms with van der Waals surface area (Å²) in [7, 11) is 0. The summed E-state index contributed by atoms with van der Waals surface area (Å²) in [5.41, 5.74) is 1.96. The molecule has 0 aliphatic heterocycles. The Kier molecular flexibility index (Phi) is 2.27. The number of halogens is 1. The molecule has 0 amide bonds. The number of hydrogen-bond acceptors (Lipinski definition) is 2. The molecule has 5 heteroatoms. The molecule has 0 radical (unpaired) electrons. The molecule has 2 heterocycles. The fourth-order valence-corrected chi connectivity index (χ4v) is 1.77. The first-order chi connectivity index (χ1) is 8.78. The van der Waals surface area contributed by atoms with E-state index < -0.39 is 0 Å². The topological polar surface area (TPSA) is 34.5 Å². The van der Waals surface area contributed by atoms with E-state index in [1.54, 1.807) is 35.1 Å². The Bertz CT molecular complexity index is 753. The van der Waals surface area contributed by atoms with E-state index in [0.29, 0.717) is 11.3 Å².